The Morgan fingerprint density at radius 2 is 1.93 bits per heavy atom. The van der Waals surface area contributed by atoms with Crippen molar-refractivity contribution in [1.29, 1.82) is 0 Å². The summed E-state index contributed by atoms with van der Waals surface area (Å²) in [5.41, 5.74) is 1.54. The normalized spacial score (nSPS) is 17.5. The molecule has 0 bridgehead atoms. The van der Waals surface area contributed by atoms with Crippen LogP contribution >= 0.6 is 11.8 Å². The van der Waals surface area contributed by atoms with Crippen LogP contribution in [0.4, 0.5) is 0 Å². The first-order valence-corrected chi connectivity index (χ1v) is 10.5. The fraction of sp³-hybridized carbons (Fsp3) is 0.348. The number of hydrogen-bond donors (Lipinski definition) is 1. The molecule has 2 aromatic carbocycles. The molecular weight excluding hydrogens is 354 g/mol. The average molecular weight is 382 g/mol. The van der Waals surface area contributed by atoms with Gasteiger partial charge in [0.2, 0.25) is 0 Å². The van der Waals surface area contributed by atoms with E-state index in [9.17, 15) is 4.79 Å². The number of hydrogen-bond acceptors (Lipinski definition) is 3. The highest BCUT2D eigenvalue weighted by Gasteiger charge is 2.39. The predicted molar refractivity (Wildman–Crippen MR) is 113 cm³/mol. The molecule has 0 aromatic heterocycles. The molecule has 0 saturated carbocycles. The molecule has 0 aliphatic carbocycles. The van der Waals surface area contributed by atoms with Gasteiger partial charge in [0, 0.05) is 22.6 Å². The van der Waals surface area contributed by atoms with E-state index in [4.69, 9.17) is 4.74 Å². The molecule has 27 heavy (non-hydrogen) atoms. The summed E-state index contributed by atoms with van der Waals surface area (Å²) in [6, 6.07) is 15.7. The second-order valence-corrected chi connectivity index (χ2v) is 7.92. The molecule has 2 aromatic rings. The molecule has 4 heteroatoms. The average Bonchev–Trinajstić information content (AvgIpc) is 2.72. The summed E-state index contributed by atoms with van der Waals surface area (Å²) in [5.74, 6) is 1.62. The van der Waals surface area contributed by atoms with Crippen LogP contribution in [-0.2, 0) is 0 Å². The van der Waals surface area contributed by atoms with Crippen molar-refractivity contribution in [2.24, 2.45) is 0 Å². The van der Waals surface area contributed by atoms with Gasteiger partial charge < -0.3 is 10.1 Å². The number of nitrogens with one attached hydrogen (secondary N) is 1. The van der Waals surface area contributed by atoms with Gasteiger partial charge in [-0.05, 0) is 31.0 Å². The van der Waals surface area contributed by atoms with Gasteiger partial charge in [0.15, 0.2) is 0 Å². The summed E-state index contributed by atoms with van der Waals surface area (Å²) in [4.78, 5) is 14.1. The van der Waals surface area contributed by atoms with Gasteiger partial charge >= 0.3 is 0 Å². The Hall–Kier alpha value is -2.20. The van der Waals surface area contributed by atoms with E-state index >= 15 is 0 Å². The van der Waals surface area contributed by atoms with Crippen molar-refractivity contribution in [3.63, 3.8) is 0 Å². The van der Waals surface area contributed by atoms with Crippen LogP contribution in [0.5, 0.6) is 5.75 Å². The maximum Gasteiger partial charge on any atom is 0.252 e. The van der Waals surface area contributed by atoms with E-state index in [0.29, 0.717) is 5.56 Å². The van der Waals surface area contributed by atoms with Gasteiger partial charge in [0.1, 0.15) is 11.4 Å². The number of benzene rings is 2. The Bertz CT molecular complexity index is 814. The van der Waals surface area contributed by atoms with Gasteiger partial charge in [-0.3, -0.25) is 4.79 Å². The number of rotatable bonds is 7. The van der Waals surface area contributed by atoms with Crippen molar-refractivity contribution in [3.8, 4) is 5.75 Å². The first-order valence-electron chi connectivity index (χ1n) is 9.54. The molecule has 1 N–H and O–H groups in total. The van der Waals surface area contributed by atoms with Gasteiger partial charge in [-0.2, -0.15) is 0 Å². The topological polar surface area (TPSA) is 38.3 Å². The Balaban J connectivity index is 1.88. The zero-order chi connectivity index (χ0) is 19.3. The molecule has 0 radical (unpaired) electrons. The third kappa shape index (κ3) is 4.22. The van der Waals surface area contributed by atoms with Crippen molar-refractivity contribution in [2.45, 2.75) is 49.6 Å². The summed E-state index contributed by atoms with van der Waals surface area (Å²) in [5, 5.41) is 3.27. The Labute approximate surface area is 166 Å². The zero-order valence-electron chi connectivity index (χ0n) is 16.0. The molecule has 1 amide bonds. The Kier molecular flexibility index (Phi) is 6.27. The quantitative estimate of drug-likeness (QED) is 0.488. The molecule has 3 nitrogen and oxygen atoms in total. The van der Waals surface area contributed by atoms with E-state index in [1.165, 1.54) is 0 Å². The summed E-state index contributed by atoms with van der Waals surface area (Å²) in [7, 11) is 0. The highest BCUT2D eigenvalue weighted by atomic mass is 32.2. The molecule has 1 heterocycles. The lowest BCUT2D eigenvalue weighted by atomic mass is 9.83. The van der Waals surface area contributed by atoms with Gasteiger partial charge in [-0.1, -0.05) is 50.3 Å². The van der Waals surface area contributed by atoms with Crippen LogP contribution in [-0.4, -0.2) is 17.3 Å². The second-order valence-electron chi connectivity index (χ2n) is 6.86. The molecule has 1 atom stereocenters. The van der Waals surface area contributed by atoms with Gasteiger partial charge in [-0.25, -0.2) is 0 Å². The molecule has 3 rings (SSSR count). The first-order chi connectivity index (χ1) is 13.1. The van der Waals surface area contributed by atoms with E-state index in [1.54, 1.807) is 11.8 Å². The van der Waals surface area contributed by atoms with E-state index in [1.807, 2.05) is 54.6 Å². The fourth-order valence-corrected chi connectivity index (χ4v) is 4.38. The third-order valence-corrected chi connectivity index (χ3v) is 6.35. The number of amides is 1. The Morgan fingerprint density at radius 1 is 1.22 bits per heavy atom. The number of carbonyl (C=O) groups is 1. The maximum atomic E-state index is 13.1. The van der Waals surface area contributed by atoms with Crippen LogP contribution in [0.2, 0.25) is 0 Å². The molecule has 0 fully saturated rings. The summed E-state index contributed by atoms with van der Waals surface area (Å²) >= 11 is 1.63. The minimum absolute atomic E-state index is 0.0371. The lowest BCUT2D eigenvalue weighted by Crippen LogP contribution is -2.44. The zero-order valence-corrected chi connectivity index (χ0v) is 16.9. The molecule has 0 spiro atoms. The van der Waals surface area contributed by atoms with E-state index in [0.717, 1.165) is 41.2 Å². The van der Waals surface area contributed by atoms with Crippen LogP contribution in [0.1, 0.15) is 55.1 Å². The number of fused-ring (bicyclic) bond motifs is 1. The van der Waals surface area contributed by atoms with Crippen molar-refractivity contribution in [1.82, 2.24) is 5.32 Å². The molecule has 142 valence electrons. The molecular formula is C23H27NO2S. The number of ether oxygens (including phenoxy) is 1. The van der Waals surface area contributed by atoms with Gasteiger partial charge in [-0.15, -0.1) is 18.3 Å². The van der Waals surface area contributed by atoms with Crippen molar-refractivity contribution >= 4 is 17.7 Å². The van der Waals surface area contributed by atoms with Crippen LogP contribution in [0.3, 0.4) is 0 Å². The highest BCUT2D eigenvalue weighted by molar-refractivity contribution is 7.99. The smallest absolute Gasteiger partial charge is 0.252 e. The maximum absolute atomic E-state index is 13.1. The van der Waals surface area contributed by atoms with Crippen LogP contribution < -0.4 is 10.1 Å². The SMILES string of the molecule is C=CCSc1ccccc1C(=O)N[C@@H]1CC(CC)(CC)Oc2ccccc21. The monoisotopic (exact) mass is 381 g/mol. The Morgan fingerprint density at radius 3 is 2.67 bits per heavy atom. The van der Waals surface area contributed by atoms with Crippen LogP contribution in [0.25, 0.3) is 0 Å². The lowest BCUT2D eigenvalue weighted by Gasteiger charge is -2.41. The van der Waals surface area contributed by atoms with E-state index in [-0.39, 0.29) is 17.6 Å². The van der Waals surface area contributed by atoms with Gasteiger partial charge in [0.05, 0.1) is 11.6 Å². The minimum Gasteiger partial charge on any atom is -0.487 e. The third-order valence-electron chi connectivity index (χ3n) is 5.28. The van der Waals surface area contributed by atoms with Crippen LogP contribution in [0.15, 0.2) is 66.1 Å². The molecule has 1 aliphatic rings. The van der Waals surface area contributed by atoms with Crippen LogP contribution in [0, 0.1) is 0 Å². The largest absolute Gasteiger partial charge is 0.487 e. The molecule has 1 aliphatic heterocycles. The number of para-hydroxylation sites is 1. The summed E-state index contributed by atoms with van der Waals surface area (Å²) < 4.78 is 6.35. The summed E-state index contributed by atoms with van der Waals surface area (Å²) in [6.07, 6.45) is 4.46. The fourth-order valence-electron chi connectivity index (χ4n) is 3.59. The number of thioether (sulfide) groups is 1. The first kappa shape index (κ1) is 19.6. The number of carbonyl (C=O) groups excluding carboxylic acids is 1. The highest BCUT2D eigenvalue weighted by Crippen LogP contribution is 2.42. The molecule has 0 saturated heterocycles. The van der Waals surface area contributed by atoms with E-state index < -0.39 is 0 Å². The van der Waals surface area contributed by atoms with Gasteiger partial charge in [0.25, 0.3) is 5.91 Å². The lowest BCUT2D eigenvalue weighted by molar-refractivity contribution is 0.0227. The summed E-state index contributed by atoms with van der Waals surface area (Å²) in [6.45, 7) is 8.07. The van der Waals surface area contributed by atoms with E-state index in [2.05, 4.69) is 25.7 Å². The van der Waals surface area contributed by atoms with Crippen molar-refractivity contribution in [2.75, 3.05) is 5.75 Å². The van der Waals surface area contributed by atoms with Crippen molar-refractivity contribution < 1.29 is 9.53 Å². The molecule has 0 unspecified atom stereocenters. The standard InChI is InChI=1S/C23H27NO2S/c1-4-15-27-21-14-10-8-12-18(21)22(25)24-19-16-23(5-2,6-3)26-20-13-9-7-11-17(19)20/h4,7-14,19H,1,5-6,15-16H2,2-3H3,(H,24,25)/t19-/m1/s1. The minimum atomic E-state index is -0.233. The predicted octanol–water partition coefficient (Wildman–Crippen LogP) is 5.78. The second kappa shape index (κ2) is 8.66. The van der Waals surface area contributed by atoms with Crippen molar-refractivity contribution in [3.05, 3.63) is 72.3 Å².